The Morgan fingerprint density at radius 1 is 1.23 bits per heavy atom. The van der Waals surface area contributed by atoms with Gasteiger partial charge in [0.25, 0.3) is 0 Å². The van der Waals surface area contributed by atoms with E-state index in [0.29, 0.717) is 6.42 Å². The number of hydrogen-bond acceptors (Lipinski definition) is 10. The SMILES string of the molecule is CCCC(=O)N[C@@H](CO)c1noc([C@H](CC(N)=O)NC(=O)N(N)[C@H](C(=O)O)C(C)O)n1. The highest BCUT2D eigenvalue weighted by Crippen LogP contribution is 2.18. The van der Waals surface area contributed by atoms with Gasteiger partial charge in [-0.2, -0.15) is 4.98 Å². The van der Waals surface area contributed by atoms with E-state index in [1.165, 1.54) is 0 Å². The molecule has 4 atom stereocenters. The van der Waals surface area contributed by atoms with Crippen LogP contribution in [-0.2, 0) is 14.4 Å². The van der Waals surface area contributed by atoms with E-state index in [1.807, 2.05) is 0 Å². The molecule has 1 unspecified atom stereocenters. The molecule has 0 fully saturated rings. The molecule has 0 spiro atoms. The van der Waals surface area contributed by atoms with Gasteiger partial charge in [0.15, 0.2) is 11.9 Å². The van der Waals surface area contributed by atoms with Crippen LogP contribution in [0, 0.1) is 0 Å². The van der Waals surface area contributed by atoms with Crippen molar-refractivity contribution in [2.24, 2.45) is 11.6 Å². The van der Waals surface area contributed by atoms with E-state index in [4.69, 9.17) is 21.2 Å². The van der Waals surface area contributed by atoms with Gasteiger partial charge in [-0.05, 0) is 13.3 Å². The van der Waals surface area contributed by atoms with Gasteiger partial charge in [0.05, 0.1) is 19.1 Å². The summed E-state index contributed by atoms with van der Waals surface area (Å²) in [6.07, 6.45) is -1.23. The molecule has 31 heavy (non-hydrogen) atoms. The molecule has 0 aromatic carbocycles. The Morgan fingerprint density at radius 2 is 1.87 bits per heavy atom. The third-order valence-electron chi connectivity index (χ3n) is 4.01. The van der Waals surface area contributed by atoms with Gasteiger partial charge in [-0.15, -0.1) is 0 Å². The Balaban J connectivity index is 3.05. The van der Waals surface area contributed by atoms with Crippen LogP contribution in [0.3, 0.4) is 0 Å². The van der Waals surface area contributed by atoms with Crippen LogP contribution in [0.4, 0.5) is 4.79 Å². The van der Waals surface area contributed by atoms with Gasteiger partial charge in [0.1, 0.15) is 12.1 Å². The van der Waals surface area contributed by atoms with E-state index < -0.39 is 55.2 Å². The van der Waals surface area contributed by atoms with Crippen LogP contribution < -0.4 is 22.2 Å². The highest BCUT2D eigenvalue weighted by molar-refractivity contribution is 5.83. The zero-order valence-corrected chi connectivity index (χ0v) is 17.0. The van der Waals surface area contributed by atoms with E-state index in [2.05, 4.69) is 20.8 Å². The number of carbonyl (C=O) groups is 4. The summed E-state index contributed by atoms with van der Waals surface area (Å²) in [5, 5.41) is 36.8. The molecule has 9 N–H and O–H groups in total. The molecule has 0 saturated heterocycles. The number of carbonyl (C=O) groups excluding carboxylic acids is 3. The van der Waals surface area contributed by atoms with E-state index in [1.54, 1.807) is 6.92 Å². The summed E-state index contributed by atoms with van der Waals surface area (Å²) in [7, 11) is 0. The predicted molar refractivity (Wildman–Crippen MR) is 101 cm³/mol. The second kappa shape index (κ2) is 11.8. The second-order valence-corrected chi connectivity index (χ2v) is 6.65. The van der Waals surface area contributed by atoms with Crippen molar-refractivity contribution in [3.63, 3.8) is 0 Å². The quantitative estimate of drug-likeness (QED) is 0.102. The average Bonchev–Trinajstić information content (AvgIpc) is 3.14. The van der Waals surface area contributed by atoms with Crippen molar-refractivity contribution >= 4 is 23.8 Å². The number of nitrogens with two attached hydrogens (primary N) is 2. The Morgan fingerprint density at radius 3 is 2.35 bits per heavy atom. The molecule has 1 heterocycles. The molecule has 1 aromatic rings. The largest absolute Gasteiger partial charge is 0.480 e. The van der Waals surface area contributed by atoms with Gasteiger partial charge in [-0.25, -0.2) is 20.4 Å². The summed E-state index contributed by atoms with van der Waals surface area (Å²) in [6, 6.07) is -5.25. The number of urea groups is 1. The monoisotopic (exact) mass is 445 g/mol. The summed E-state index contributed by atoms with van der Waals surface area (Å²) < 4.78 is 5.02. The van der Waals surface area contributed by atoms with Crippen LogP contribution in [-0.4, -0.2) is 73.0 Å². The Kier molecular flexibility index (Phi) is 9.78. The smallest absolute Gasteiger partial charge is 0.333 e. The molecule has 4 amide bonds. The molecule has 0 bridgehead atoms. The summed E-state index contributed by atoms with van der Waals surface area (Å²) in [4.78, 5) is 50.7. The maximum absolute atomic E-state index is 12.3. The van der Waals surface area contributed by atoms with Crippen LogP contribution in [0.2, 0.25) is 0 Å². The van der Waals surface area contributed by atoms with Gasteiger partial charge in [0.2, 0.25) is 17.7 Å². The van der Waals surface area contributed by atoms with Crippen molar-refractivity contribution in [1.29, 1.82) is 0 Å². The predicted octanol–water partition coefficient (Wildman–Crippen LogP) is -2.34. The standard InChI is InChI=1S/C16H27N7O8/c1-3-4-11(27)19-9(6-24)13-21-14(31-22-13)8(5-10(17)26)20-16(30)23(18)12(7(2)25)15(28)29/h7-9,12,24-25H,3-6,18H2,1-2H3,(H2,17,26)(H,19,27)(H,20,30)(H,28,29)/t7?,8-,9-,12-/m0/s1. The molecule has 0 radical (unpaired) electrons. The Bertz CT molecular complexity index is 784. The zero-order valence-electron chi connectivity index (χ0n) is 17.0. The lowest BCUT2D eigenvalue weighted by atomic mass is 10.1. The molecule has 0 saturated carbocycles. The molecule has 0 aliphatic rings. The molecule has 174 valence electrons. The lowest BCUT2D eigenvalue weighted by Gasteiger charge is -2.27. The number of amides is 4. The first-order chi connectivity index (χ1) is 14.5. The van der Waals surface area contributed by atoms with Gasteiger partial charge in [-0.1, -0.05) is 12.1 Å². The summed E-state index contributed by atoms with van der Waals surface area (Å²) in [5.74, 6) is 2.29. The van der Waals surface area contributed by atoms with Gasteiger partial charge < -0.3 is 36.2 Å². The van der Waals surface area contributed by atoms with Crippen molar-refractivity contribution in [1.82, 2.24) is 25.8 Å². The normalized spacial score (nSPS) is 14.7. The molecule has 0 aliphatic carbocycles. The number of carboxylic acids is 1. The first-order valence-electron chi connectivity index (χ1n) is 9.29. The number of primary amides is 1. The van der Waals surface area contributed by atoms with Gasteiger partial charge in [0, 0.05) is 6.42 Å². The van der Waals surface area contributed by atoms with E-state index in [9.17, 15) is 29.4 Å². The average molecular weight is 445 g/mol. The van der Waals surface area contributed by atoms with E-state index in [0.717, 1.165) is 6.92 Å². The number of nitrogens with zero attached hydrogens (tertiary/aromatic N) is 3. The molecular formula is C16H27N7O8. The minimum Gasteiger partial charge on any atom is -0.480 e. The number of aliphatic hydroxyl groups is 2. The summed E-state index contributed by atoms with van der Waals surface area (Å²) in [5.41, 5.74) is 5.17. The topological polar surface area (TPSA) is 247 Å². The third-order valence-corrected chi connectivity index (χ3v) is 4.01. The number of carboxylic acid groups (broad SMARTS) is 1. The van der Waals surface area contributed by atoms with Crippen LogP contribution >= 0.6 is 0 Å². The third kappa shape index (κ3) is 7.47. The van der Waals surface area contributed by atoms with Crippen molar-refractivity contribution in [2.45, 2.75) is 57.3 Å². The number of aliphatic carboxylic acids is 1. The molecular weight excluding hydrogens is 418 g/mol. The maximum Gasteiger partial charge on any atom is 0.333 e. The van der Waals surface area contributed by atoms with Crippen molar-refractivity contribution in [3.05, 3.63) is 11.7 Å². The first kappa shape index (κ1) is 25.7. The highest BCUT2D eigenvalue weighted by Gasteiger charge is 2.34. The number of rotatable bonds is 12. The fourth-order valence-electron chi connectivity index (χ4n) is 2.52. The molecule has 1 rings (SSSR count). The van der Waals surface area contributed by atoms with Crippen LogP contribution in [0.5, 0.6) is 0 Å². The lowest BCUT2D eigenvalue weighted by molar-refractivity contribution is -0.146. The van der Waals surface area contributed by atoms with Gasteiger partial charge in [-0.3, -0.25) is 9.59 Å². The van der Waals surface area contributed by atoms with Crippen LogP contribution in [0.1, 0.15) is 56.9 Å². The maximum atomic E-state index is 12.3. The molecule has 15 nitrogen and oxygen atoms in total. The fraction of sp³-hybridized carbons (Fsp3) is 0.625. The minimum atomic E-state index is -1.78. The summed E-state index contributed by atoms with van der Waals surface area (Å²) >= 11 is 0. The second-order valence-electron chi connectivity index (χ2n) is 6.65. The molecule has 0 aliphatic heterocycles. The zero-order chi connectivity index (χ0) is 23.7. The van der Waals surface area contributed by atoms with E-state index in [-0.39, 0.29) is 29.1 Å². The number of aliphatic hydroxyl groups excluding tert-OH is 2. The summed E-state index contributed by atoms with van der Waals surface area (Å²) in [6.45, 7) is 2.37. The molecule has 15 heteroatoms. The Hall–Kier alpha value is -3.30. The van der Waals surface area contributed by atoms with Crippen LogP contribution in [0.25, 0.3) is 0 Å². The van der Waals surface area contributed by atoms with Crippen molar-refractivity contribution < 1.29 is 39.0 Å². The van der Waals surface area contributed by atoms with Crippen molar-refractivity contribution in [2.75, 3.05) is 6.61 Å². The van der Waals surface area contributed by atoms with Crippen LogP contribution in [0.15, 0.2) is 4.52 Å². The highest BCUT2D eigenvalue weighted by atomic mass is 16.5. The lowest BCUT2D eigenvalue weighted by Crippen LogP contribution is -2.58. The number of hydrazine groups is 1. The van der Waals surface area contributed by atoms with E-state index >= 15 is 0 Å². The number of nitrogens with one attached hydrogen (secondary N) is 2. The van der Waals surface area contributed by atoms with Crippen molar-refractivity contribution in [3.8, 4) is 0 Å². The fourth-order valence-corrected chi connectivity index (χ4v) is 2.52. The number of hydrogen-bond donors (Lipinski definition) is 7. The molecule has 1 aromatic heterocycles. The minimum absolute atomic E-state index is 0.123. The Labute approximate surface area is 176 Å². The van der Waals surface area contributed by atoms with Gasteiger partial charge >= 0.3 is 12.0 Å². The number of aromatic nitrogens is 2. The first-order valence-corrected chi connectivity index (χ1v) is 9.29.